The number of rotatable bonds is 5. The number of thiophene rings is 1. The maximum absolute atomic E-state index is 12.0. The summed E-state index contributed by atoms with van der Waals surface area (Å²) in [7, 11) is 1.42. The Hall–Kier alpha value is -1.40. The molecule has 6 heteroatoms. The molecule has 0 aliphatic carbocycles. The maximum atomic E-state index is 12.0. The van der Waals surface area contributed by atoms with E-state index in [1.807, 2.05) is 24.4 Å². The molecule has 1 fully saturated rings. The molecule has 2 heterocycles. The van der Waals surface area contributed by atoms with Gasteiger partial charge in [0.1, 0.15) is 0 Å². The van der Waals surface area contributed by atoms with Crippen molar-refractivity contribution in [2.45, 2.75) is 25.8 Å². The first-order valence-corrected chi connectivity index (χ1v) is 8.11. The smallest absolute Gasteiger partial charge is 0.308 e. The molecule has 21 heavy (non-hydrogen) atoms. The van der Waals surface area contributed by atoms with Crippen LogP contribution in [-0.2, 0) is 14.3 Å². The van der Waals surface area contributed by atoms with Gasteiger partial charge in [-0.3, -0.25) is 14.5 Å². The zero-order chi connectivity index (χ0) is 15.2. The Labute approximate surface area is 129 Å². The zero-order valence-electron chi connectivity index (χ0n) is 12.5. The van der Waals surface area contributed by atoms with Gasteiger partial charge in [-0.05, 0) is 44.3 Å². The minimum Gasteiger partial charge on any atom is -0.469 e. The van der Waals surface area contributed by atoms with Gasteiger partial charge >= 0.3 is 5.97 Å². The molecule has 1 aliphatic rings. The van der Waals surface area contributed by atoms with Crippen LogP contribution in [0.1, 0.15) is 30.7 Å². The average molecular weight is 310 g/mol. The van der Waals surface area contributed by atoms with Gasteiger partial charge in [-0.25, -0.2) is 0 Å². The Bertz CT molecular complexity index is 467. The summed E-state index contributed by atoms with van der Waals surface area (Å²) in [5, 5.41) is 5.02. The van der Waals surface area contributed by atoms with Crippen LogP contribution in [0.25, 0.3) is 0 Å². The van der Waals surface area contributed by atoms with Gasteiger partial charge in [0.05, 0.1) is 25.6 Å². The summed E-state index contributed by atoms with van der Waals surface area (Å²) >= 11 is 1.65. The van der Waals surface area contributed by atoms with Gasteiger partial charge in [0.25, 0.3) is 0 Å². The van der Waals surface area contributed by atoms with Crippen LogP contribution >= 0.6 is 11.3 Å². The lowest BCUT2D eigenvalue weighted by Crippen LogP contribution is -2.43. The standard InChI is InChI=1S/C15H22N2O3S/c1-11(13-4-3-9-21-13)16-14(18)10-17-7-5-12(6-8-17)15(19)20-2/h3-4,9,11-12H,5-8,10H2,1-2H3,(H,16,18)/t11-/m1/s1. The highest BCUT2D eigenvalue weighted by Crippen LogP contribution is 2.19. The lowest BCUT2D eigenvalue weighted by molar-refractivity contribution is -0.147. The molecular weight excluding hydrogens is 288 g/mol. The molecule has 0 radical (unpaired) electrons. The van der Waals surface area contributed by atoms with E-state index in [2.05, 4.69) is 10.2 Å². The molecule has 1 atom stereocenters. The van der Waals surface area contributed by atoms with E-state index in [-0.39, 0.29) is 23.8 Å². The number of esters is 1. The third-order valence-corrected chi connectivity index (χ3v) is 4.89. The number of piperidine rings is 1. The van der Waals surface area contributed by atoms with Gasteiger partial charge in [0.15, 0.2) is 0 Å². The summed E-state index contributed by atoms with van der Waals surface area (Å²) in [4.78, 5) is 26.8. The number of carbonyl (C=O) groups is 2. The van der Waals surface area contributed by atoms with Crippen molar-refractivity contribution in [1.82, 2.24) is 10.2 Å². The Balaban J connectivity index is 1.73. The van der Waals surface area contributed by atoms with Crippen LogP contribution < -0.4 is 5.32 Å². The Morgan fingerprint density at radius 2 is 2.19 bits per heavy atom. The molecule has 1 aromatic rings. The Morgan fingerprint density at radius 1 is 1.48 bits per heavy atom. The van der Waals surface area contributed by atoms with Gasteiger partial charge in [0, 0.05) is 4.88 Å². The second kappa shape index (κ2) is 7.56. The van der Waals surface area contributed by atoms with E-state index < -0.39 is 0 Å². The van der Waals surface area contributed by atoms with Crippen molar-refractivity contribution < 1.29 is 14.3 Å². The van der Waals surface area contributed by atoms with Gasteiger partial charge < -0.3 is 10.1 Å². The first kappa shape index (κ1) is 16.0. The van der Waals surface area contributed by atoms with E-state index in [0.717, 1.165) is 30.8 Å². The number of nitrogens with one attached hydrogen (secondary N) is 1. The van der Waals surface area contributed by atoms with Crippen molar-refractivity contribution in [1.29, 1.82) is 0 Å². The second-order valence-electron chi connectivity index (χ2n) is 5.38. The first-order chi connectivity index (χ1) is 10.1. The van der Waals surface area contributed by atoms with Crippen molar-refractivity contribution in [2.75, 3.05) is 26.7 Å². The third-order valence-electron chi connectivity index (χ3n) is 3.84. The van der Waals surface area contributed by atoms with Gasteiger partial charge in [-0.2, -0.15) is 0 Å². The predicted molar refractivity (Wildman–Crippen MR) is 82.1 cm³/mol. The maximum Gasteiger partial charge on any atom is 0.308 e. The van der Waals surface area contributed by atoms with Crippen LogP contribution in [0.3, 0.4) is 0 Å². The number of carbonyl (C=O) groups excluding carboxylic acids is 2. The van der Waals surface area contributed by atoms with Gasteiger partial charge in [-0.1, -0.05) is 6.07 Å². The first-order valence-electron chi connectivity index (χ1n) is 7.23. The van der Waals surface area contributed by atoms with Gasteiger partial charge in [0.2, 0.25) is 5.91 Å². The van der Waals surface area contributed by atoms with Crippen molar-refractivity contribution in [3.8, 4) is 0 Å². The van der Waals surface area contributed by atoms with E-state index in [1.54, 1.807) is 11.3 Å². The van der Waals surface area contributed by atoms with E-state index in [9.17, 15) is 9.59 Å². The largest absolute Gasteiger partial charge is 0.469 e. The number of methoxy groups -OCH3 is 1. The van der Waals surface area contributed by atoms with E-state index in [4.69, 9.17) is 4.74 Å². The number of hydrogen-bond acceptors (Lipinski definition) is 5. The molecule has 1 aliphatic heterocycles. The molecular formula is C15H22N2O3S. The number of likely N-dealkylation sites (tertiary alicyclic amines) is 1. The molecule has 0 unspecified atom stereocenters. The SMILES string of the molecule is COC(=O)C1CCN(CC(=O)N[C@H](C)c2cccs2)CC1. The minimum atomic E-state index is -0.134. The Morgan fingerprint density at radius 3 is 2.76 bits per heavy atom. The second-order valence-corrected chi connectivity index (χ2v) is 6.36. The topological polar surface area (TPSA) is 58.6 Å². The minimum absolute atomic E-state index is 0.0145. The zero-order valence-corrected chi connectivity index (χ0v) is 13.3. The fourth-order valence-electron chi connectivity index (χ4n) is 2.59. The summed E-state index contributed by atoms with van der Waals surface area (Å²) in [6.07, 6.45) is 1.53. The Kier molecular flexibility index (Phi) is 5.76. The van der Waals surface area contributed by atoms with Crippen molar-refractivity contribution in [2.24, 2.45) is 5.92 Å². The average Bonchev–Trinajstić information content (AvgIpc) is 3.01. The molecule has 0 aromatic carbocycles. The molecule has 0 bridgehead atoms. The van der Waals surface area contributed by atoms with Crippen molar-refractivity contribution in [3.63, 3.8) is 0 Å². The lowest BCUT2D eigenvalue weighted by Gasteiger charge is -2.30. The van der Waals surface area contributed by atoms with Crippen LogP contribution in [0.5, 0.6) is 0 Å². The highest BCUT2D eigenvalue weighted by atomic mass is 32.1. The molecule has 0 saturated carbocycles. The van der Waals surface area contributed by atoms with Crippen LogP contribution in [0.2, 0.25) is 0 Å². The molecule has 0 spiro atoms. The van der Waals surface area contributed by atoms with Crippen LogP contribution in [-0.4, -0.2) is 43.5 Å². The monoisotopic (exact) mass is 310 g/mol. The molecule has 5 nitrogen and oxygen atoms in total. The summed E-state index contributed by atoms with van der Waals surface area (Å²) in [6.45, 7) is 3.91. The van der Waals surface area contributed by atoms with Crippen molar-refractivity contribution >= 4 is 23.2 Å². The number of amides is 1. The van der Waals surface area contributed by atoms with Gasteiger partial charge in [-0.15, -0.1) is 11.3 Å². The van der Waals surface area contributed by atoms with Crippen LogP contribution in [0, 0.1) is 5.92 Å². The fourth-order valence-corrected chi connectivity index (χ4v) is 3.33. The third kappa shape index (κ3) is 4.54. The van der Waals surface area contributed by atoms with Crippen LogP contribution in [0.15, 0.2) is 17.5 Å². The predicted octanol–water partition coefficient (Wildman–Crippen LogP) is 1.81. The molecule has 2 rings (SSSR count). The lowest BCUT2D eigenvalue weighted by atomic mass is 9.97. The van der Waals surface area contributed by atoms with Crippen molar-refractivity contribution in [3.05, 3.63) is 22.4 Å². The molecule has 1 N–H and O–H groups in total. The number of ether oxygens (including phenoxy) is 1. The quantitative estimate of drug-likeness (QED) is 0.843. The summed E-state index contributed by atoms with van der Waals surface area (Å²) in [5.74, 6) is -0.114. The highest BCUT2D eigenvalue weighted by molar-refractivity contribution is 7.10. The fraction of sp³-hybridized carbons (Fsp3) is 0.600. The molecule has 116 valence electrons. The highest BCUT2D eigenvalue weighted by Gasteiger charge is 2.26. The molecule has 1 aromatic heterocycles. The summed E-state index contributed by atoms with van der Waals surface area (Å²) in [6, 6.07) is 4.06. The normalized spacial score (nSPS) is 18.2. The van der Waals surface area contributed by atoms with E-state index in [0.29, 0.717) is 6.54 Å². The van der Waals surface area contributed by atoms with E-state index in [1.165, 1.54) is 7.11 Å². The summed E-state index contributed by atoms with van der Waals surface area (Å²) in [5.41, 5.74) is 0. The molecule has 1 amide bonds. The summed E-state index contributed by atoms with van der Waals surface area (Å²) < 4.78 is 4.76. The molecule has 1 saturated heterocycles. The number of nitrogens with zero attached hydrogens (tertiary/aromatic N) is 1. The number of hydrogen-bond donors (Lipinski definition) is 1. The van der Waals surface area contributed by atoms with Crippen LogP contribution in [0.4, 0.5) is 0 Å². The van der Waals surface area contributed by atoms with E-state index >= 15 is 0 Å².